The van der Waals surface area contributed by atoms with Crippen molar-refractivity contribution in [2.45, 2.75) is 26.2 Å². The minimum Gasteiger partial charge on any atom is -0.496 e. The van der Waals surface area contributed by atoms with Crippen LogP contribution in [0, 0.1) is 0 Å². The van der Waals surface area contributed by atoms with Gasteiger partial charge in [0.1, 0.15) is 10.9 Å². The van der Waals surface area contributed by atoms with Gasteiger partial charge in [-0.1, -0.05) is 42.8 Å². The summed E-state index contributed by atoms with van der Waals surface area (Å²) in [5.74, 6) is 0.574. The summed E-state index contributed by atoms with van der Waals surface area (Å²) in [6.07, 6.45) is 2.91. The molecule has 0 aliphatic rings. The Morgan fingerprint density at radius 2 is 1.77 bits per heavy atom. The van der Waals surface area contributed by atoms with Gasteiger partial charge in [0.15, 0.2) is 5.78 Å². The molecule has 0 fully saturated rings. The molecular weight excluding hydrogens is 412 g/mol. The van der Waals surface area contributed by atoms with Crippen LogP contribution >= 0.6 is 11.6 Å². The molecule has 0 N–H and O–H groups in total. The van der Waals surface area contributed by atoms with Gasteiger partial charge in [0.25, 0.3) is 0 Å². The number of ketones is 1. The van der Waals surface area contributed by atoms with Crippen LogP contribution in [-0.4, -0.2) is 30.8 Å². The Balaban J connectivity index is 1.77. The Kier molecular flexibility index (Phi) is 7.42. The highest BCUT2D eigenvalue weighted by atomic mass is 35.5. The maximum Gasteiger partial charge on any atom is 0.226 e. The number of carbonyl (C=O) groups excluding carboxylic acids is 2. The number of Topliss-reactive ketones (excluding diaryl/α,β-unsaturated/α-hetero) is 1. The zero-order chi connectivity index (χ0) is 22.4. The van der Waals surface area contributed by atoms with Gasteiger partial charge in [-0.15, -0.1) is 0 Å². The number of nitrogens with zero attached hydrogens (tertiary/aromatic N) is 2. The average molecular weight is 437 g/mol. The summed E-state index contributed by atoms with van der Waals surface area (Å²) in [6.45, 7) is 1.84. The molecule has 0 unspecified atom stereocenters. The van der Waals surface area contributed by atoms with E-state index in [2.05, 4.69) is 4.98 Å². The molecule has 1 amide bonds. The van der Waals surface area contributed by atoms with Gasteiger partial charge in [0.05, 0.1) is 12.7 Å². The SMILES string of the molecule is CCC(=O)N(C)c1ccc(-c2ccc(C(=O)CCc3cccnc3Cl)c(OC)c2)cc1. The molecule has 0 radical (unpaired) electrons. The summed E-state index contributed by atoms with van der Waals surface area (Å²) in [5, 5.41) is 0.423. The third-order valence-corrected chi connectivity index (χ3v) is 5.56. The summed E-state index contributed by atoms with van der Waals surface area (Å²) in [6, 6.07) is 17.0. The van der Waals surface area contributed by atoms with Crippen LogP contribution in [-0.2, 0) is 11.2 Å². The van der Waals surface area contributed by atoms with Gasteiger partial charge in [-0.2, -0.15) is 0 Å². The topological polar surface area (TPSA) is 59.5 Å². The summed E-state index contributed by atoms with van der Waals surface area (Å²) < 4.78 is 5.50. The van der Waals surface area contributed by atoms with Gasteiger partial charge >= 0.3 is 0 Å². The number of methoxy groups -OCH3 is 1. The van der Waals surface area contributed by atoms with Gasteiger partial charge in [0, 0.05) is 31.8 Å². The Morgan fingerprint density at radius 1 is 1.06 bits per heavy atom. The number of amides is 1. The largest absolute Gasteiger partial charge is 0.496 e. The number of aromatic nitrogens is 1. The summed E-state index contributed by atoms with van der Waals surface area (Å²) in [7, 11) is 3.32. The Labute approximate surface area is 187 Å². The molecule has 6 heteroatoms. The van der Waals surface area contributed by atoms with E-state index in [1.54, 1.807) is 31.3 Å². The van der Waals surface area contributed by atoms with Crippen molar-refractivity contribution in [1.29, 1.82) is 0 Å². The average Bonchev–Trinajstić information content (AvgIpc) is 2.82. The Bertz CT molecular complexity index is 1080. The molecule has 0 saturated heterocycles. The molecule has 0 atom stereocenters. The first kappa shape index (κ1) is 22.5. The molecule has 0 saturated carbocycles. The van der Waals surface area contributed by atoms with Crippen molar-refractivity contribution >= 4 is 29.0 Å². The first-order chi connectivity index (χ1) is 14.9. The molecule has 0 spiro atoms. The van der Waals surface area contributed by atoms with Crippen LogP contribution in [0.5, 0.6) is 5.75 Å². The fourth-order valence-corrected chi connectivity index (χ4v) is 3.56. The van der Waals surface area contributed by atoms with Crippen LogP contribution in [0.3, 0.4) is 0 Å². The lowest BCUT2D eigenvalue weighted by molar-refractivity contribution is -0.118. The molecule has 2 aromatic carbocycles. The summed E-state index contributed by atoms with van der Waals surface area (Å²) in [5.41, 5.74) is 4.12. The molecule has 0 aliphatic carbocycles. The van der Waals surface area contributed by atoms with E-state index in [-0.39, 0.29) is 11.7 Å². The highest BCUT2D eigenvalue weighted by Crippen LogP contribution is 2.30. The van der Waals surface area contributed by atoms with E-state index < -0.39 is 0 Å². The monoisotopic (exact) mass is 436 g/mol. The lowest BCUT2D eigenvalue weighted by Crippen LogP contribution is -2.24. The minimum absolute atomic E-state index is 0.0154. The van der Waals surface area contributed by atoms with Crippen molar-refractivity contribution in [3.63, 3.8) is 0 Å². The van der Waals surface area contributed by atoms with E-state index >= 15 is 0 Å². The van der Waals surface area contributed by atoms with Crippen molar-refractivity contribution in [3.8, 4) is 16.9 Å². The first-order valence-corrected chi connectivity index (χ1v) is 10.5. The molecular formula is C25H25ClN2O3. The third kappa shape index (κ3) is 5.30. The third-order valence-electron chi connectivity index (χ3n) is 5.22. The lowest BCUT2D eigenvalue weighted by Gasteiger charge is -2.17. The highest BCUT2D eigenvalue weighted by Gasteiger charge is 2.15. The molecule has 1 heterocycles. The number of rotatable bonds is 8. The number of ether oxygens (including phenoxy) is 1. The Morgan fingerprint density at radius 3 is 2.42 bits per heavy atom. The van der Waals surface area contributed by atoms with Gasteiger partial charge in [0.2, 0.25) is 5.91 Å². The highest BCUT2D eigenvalue weighted by molar-refractivity contribution is 6.30. The second-order valence-electron chi connectivity index (χ2n) is 7.14. The van der Waals surface area contributed by atoms with Crippen LogP contribution in [0.2, 0.25) is 5.15 Å². The zero-order valence-electron chi connectivity index (χ0n) is 17.9. The van der Waals surface area contributed by atoms with Gasteiger partial charge in [-0.25, -0.2) is 4.98 Å². The quantitative estimate of drug-likeness (QED) is 0.340. The molecule has 5 nitrogen and oxygen atoms in total. The van der Waals surface area contributed by atoms with Crippen molar-refractivity contribution < 1.29 is 14.3 Å². The number of benzene rings is 2. The summed E-state index contributed by atoms with van der Waals surface area (Å²) in [4.78, 5) is 30.4. The minimum atomic E-state index is -0.0154. The van der Waals surface area contributed by atoms with Crippen LogP contribution in [0.15, 0.2) is 60.8 Å². The van der Waals surface area contributed by atoms with Crippen molar-refractivity contribution in [2.24, 2.45) is 0 Å². The van der Waals surface area contributed by atoms with E-state index in [0.29, 0.717) is 35.7 Å². The van der Waals surface area contributed by atoms with Crippen LogP contribution in [0.25, 0.3) is 11.1 Å². The van der Waals surface area contributed by atoms with Gasteiger partial charge in [-0.3, -0.25) is 9.59 Å². The van der Waals surface area contributed by atoms with E-state index in [4.69, 9.17) is 16.3 Å². The van der Waals surface area contributed by atoms with Crippen molar-refractivity contribution in [1.82, 2.24) is 4.98 Å². The number of hydrogen-bond acceptors (Lipinski definition) is 4. The van der Waals surface area contributed by atoms with Crippen molar-refractivity contribution in [2.75, 3.05) is 19.1 Å². The van der Waals surface area contributed by atoms with Crippen molar-refractivity contribution in [3.05, 3.63) is 77.1 Å². The number of aryl methyl sites for hydroxylation is 1. The number of anilines is 1. The first-order valence-electron chi connectivity index (χ1n) is 10.1. The molecule has 0 aliphatic heterocycles. The maximum absolute atomic E-state index is 12.8. The standard InChI is InChI=1S/C25H25ClN2O3/c1-4-24(30)28(2)20-11-7-17(8-12-20)19-9-13-21(23(16-19)31-3)22(29)14-10-18-6-5-15-27-25(18)26/h5-9,11-13,15-16H,4,10,14H2,1-3H3. The lowest BCUT2D eigenvalue weighted by atomic mass is 9.98. The predicted molar refractivity (Wildman–Crippen MR) is 124 cm³/mol. The van der Waals surface area contributed by atoms with E-state index in [1.165, 1.54) is 0 Å². The molecule has 3 rings (SSSR count). The molecule has 31 heavy (non-hydrogen) atoms. The van der Waals surface area contributed by atoms with E-state index in [0.717, 1.165) is 22.4 Å². The number of pyridine rings is 1. The number of carbonyl (C=O) groups is 2. The van der Waals surface area contributed by atoms with Gasteiger partial charge < -0.3 is 9.64 Å². The fourth-order valence-electron chi connectivity index (χ4n) is 3.35. The normalized spacial score (nSPS) is 10.6. The van der Waals surface area contributed by atoms with Gasteiger partial charge in [-0.05, 0) is 53.4 Å². The zero-order valence-corrected chi connectivity index (χ0v) is 18.6. The second kappa shape index (κ2) is 10.2. The van der Waals surface area contributed by atoms with E-state index in [9.17, 15) is 9.59 Å². The van der Waals surface area contributed by atoms with Crippen LogP contribution in [0.1, 0.15) is 35.7 Å². The predicted octanol–water partition coefficient (Wildman–Crippen LogP) is 5.60. The van der Waals surface area contributed by atoms with Crippen LogP contribution in [0.4, 0.5) is 5.69 Å². The second-order valence-corrected chi connectivity index (χ2v) is 7.50. The number of halogens is 1. The molecule has 0 bridgehead atoms. The maximum atomic E-state index is 12.8. The van der Waals surface area contributed by atoms with Crippen LogP contribution < -0.4 is 9.64 Å². The molecule has 3 aromatic rings. The fraction of sp³-hybridized carbons (Fsp3) is 0.240. The molecule has 1 aromatic heterocycles. The van der Waals surface area contributed by atoms with E-state index in [1.807, 2.05) is 55.5 Å². The molecule has 160 valence electrons. The number of hydrogen-bond donors (Lipinski definition) is 0. The summed E-state index contributed by atoms with van der Waals surface area (Å²) >= 11 is 6.09. The smallest absolute Gasteiger partial charge is 0.226 e. The Hall–Kier alpha value is -3.18.